The van der Waals surface area contributed by atoms with Crippen molar-refractivity contribution >= 4 is 23.4 Å². The number of anilines is 1. The molecule has 2 heterocycles. The van der Waals surface area contributed by atoms with Crippen molar-refractivity contribution in [3.8, 4) is 0 Å². The molecule has 1 aliphatic rings. The molecular weight excluding hydrogens is 304 g/mol. The molecule has 1 aliphatic heterocycles. The molecule has 1 N–H and O–H groups in total. The van der Waals surface area contributed by atoms with E-state index in [-0.39, 0.29) is 12.6 Å². The average molecular weight is 323 g/mol. The first-order valence-corrected chi connectivity index (χ1v) is 7.39. The van der Waals surface area contributed by atoms with Gasteiger partial charge in [-0.1, -0.05) is 11.6 Å². The minimum absolute atomic E-state index is 0.0623. The summed E-state index contributed by atoms with van der Waals surface area (Å²) < 4.78 is 5.15. The van der Waals surface area contributed by atoms with Crippen molar-refractivity contribution < 1.29 is 9.53 Å². The van der Waals surface area contributed by atoms with Gasteiger partial charge in [0.05, 0.1) is 42.2 Å². The second-order valence-corrected chi connectivity index (χ2v) is 6.57. The molecule has 1 aromatic heterocycles. The van der Waals surface area contributed by atoms with E-state index in [1.807, 2.05) is 4.90 Å². The Bertz CT molecular complexity index is 601. The molecule has 1 aromatic rings. The van der Waals surface area contributed by atoms with Crippen LogP contribution in [0, 0.1) is 6.57 Å². The average Bonchev–Trinajstić information content (AvgIpc) is 2.34. The lowest BCUT2D eigenvalue weighted by Gasteiger charge is -2.33. The van der Waals surface area contributed by atoms with E-state index in [1.165, 1.54) is 0 Å². The molecule has 1 fully saturated rings. The third-order valence-corrected chi connectivity index (χ3v) is 3.44. The largest absolute Gasteiger partial charge is 0.444 e. The molecule has 0 atom stereocenters. The van der Waals surface area contributed by atoms with Crippen LogP contribution in [0.15, 0.2) is 12.3 Å². The number of nitrogens with zero attached hydrogens (tertiary/aromatic N) is 3. The molecule has 0 spiro atoms. The van der Waals surface area contributed by atoms with Gasteiger partial charge in [-0.2, -0.15) is 0 Å². The summed E-state index contributed by atoms with van der Waals surface area (Å²) in [4.78, 5) is 21.4. The molecule has 22 heavy (non-hydrogen) atoms. The van der Waals surface area contributed by atoms with Gasteiger partial charge in [0.2, 0.25) is 0 Å². The van der Waals surface area contributed by atoms with Gasteiger partial charge in [-0.15, -0.1) is 0 Å². The van der Waals surface area contributed by atoms with Crippen molar-refractivity contribution in [2.24, 2.45) is 0 Å². The van der Waals surface area contributed by atoms with E-state index < -0.39 is 11.7 Å². The minimum atomic E-state index is -0.540. The predicted octanol–water partition coefficient (Wildman–Crippen LogP) is 2.87. The van der Waals surface area contributed by atoms with Crippen molar-refractivity contribution in [3.63, 3.8) is 0 Å². The Kier molecular flexibility index (Phi) is 4.77. The van der Waals surface area contributed by atoms with Crippen molar-refractivity contribution in [2.45, 2.75) is 39.0 Å². The fraction of sp³-hybridized carbons (Fsp3) is 0.533. The van der Waals surface area contributed by atoms with Gasteiger partial charge in [-0.3, -0.25) is 4.98 Å². The van der Waals surface area contributed by atoms with Gasteiger partial charge in [0, 0.05) is 0 Å². The van der Waals surface area contributed by atoms with Crippen molar-refractivity contribution in [1.82, 2.24) is 10.3 Å². The molecule has 118 valence electrons. The number of aromatic nitrogens is 1. The zero-order valence-corrected chi connectivity index (χ0v) is 13.6. The highest BCUT2D eigenvalue weighted by molar-refractivity contribution is 6.31. The van der Waals surface area contributed by atoms with E-state index >= 15 is 0 Å². The van der Waals surface area contributed by atoms with Crippen molar-refractivity contribution in [1.29, 1.82) is 0 Å². The summed E-state index contributed by atoms with van der Waals surface area (Å²) in [7, 11) is 0. The number of amides is 1. The second-order valence-electron chi connectivity index (χ2n) is 6.17. The number of carbonyl (C=O) groups excluding carboxylic acids is 1. The van der Waals surface area contributed by atoms with Gasteiger partial charge in [0.1, 0.15) is 5.60 Å². The first-order valence-electron chi connectivity index (χ1n) is 7.01. The van der Waals surface area contributed by atoms with Crippen LogP contribution < -0.4 is 10.2 Å². The van der Waals surface area contributed by atoms with Crippen LogP contribution in [0.1, 0.15) is 26.5 Å². The Hall–Kier alpha value is -2.00. The van der Waals surface area contributed by atoms with Gasteiger partial charge < -0.3 is 19.8 Å². The first-order chi connectivity index (χ1) is 10.3. The summed E-state index contributed by atoms with van der Waals surface area (Å²) in [5, 5.41) is 3.11. The van der Waals surface area contributed by atoms with Crippen molar-refractivity contribution in [2.75, 3.05) is 18.0 Å². The number of carbonyl (C=O) groups is 1. The third-order valence-electron chi connectivity index (χ3n) is 3.11. The van der Waals surface area contributed by atoms with Crippen molar-refractivity contribution in [3.05, 3.63) is 34.4 Å². The summed E-state index contributed by atoms with van der Waals surface area (Å²) in [6, 6.07) is 1.87. The van der Waals surface area contributed by atoms with Crippen LogP contribution in [0.5, 0.6) is 0 Å². The Morgan fingerprint density at radius 3 is 2.82 bits per heavy atom. The van der Waals surface area contributed by atoms with Gasteiger partial charge in [0.15, 0.2) is 0 Å². The van der Waals surface area contributed by atoms with Crippen LogP contribution in [-0.4, -0.2) is 35.8 Å². The van der Waals surface area contributed by atoms with Crippen LogP contribution in [0.2, 0.25) is 5.02 Å². The standard InChI is InChI=1S/C15H19ClN4O2/c1-15(2,3)22-14(21)19-7-13-12(16)5-11(6-18-13)20-8-10(9-20)17-4/h5-6,10H,7-9H2,1-3H3,(H,19,21). The molecule has 0 radical (unpaired) electrons. The molecule has 1 amide bonds. The number of rotatable bonds is 3. The topological polar surface area (TPSA) is 58.8 Å². The number of alkyl carbamates (subject to hydrolysis) is 1. The lowest BCUT2D eigenvalue weighted by atomic mass is 10.1. The van der Waals surface area contributed by atoms with Crippen LogP contribution >= 0.6 is 11.6 Å². The Labute approximate surface area is 135 Å². The number of ether oxygens (including phenoxy) is 1. The van der Waals surface area contributed by atoms with Crippen LogP contribution in [0.25, 0.3) is 4.85 Å². The summed E-state index contributed by atoms with van der Waals surface area (Å²) in [6.45, 7) is 14.0. The van der Waals surface area contributed by atoms with Crippen LogP contribution in [-0.2, 0) is 11.3 Å². The highest BCUT2D eigenvalue weighted by Crippen LogP contribution is 2.26. The predicted molar refractivity (Wildman–Crippen MR) is 84.9 cm³/mol. The Morgan fingerprint density at radius 1 is 1.59 bits per heavy atom. The lowest BCUT2D eigenvalue weighted by molar-refractivity contribution is 0.0523. The molecule has 1 saturated heterocycles. The monoisotopic (exact) mass is 322 g/mol. The normalized spacial score (nSPS) is 15.0. The maximum Gasteiger partial charge on any atom is 0.407 e. The maximum absolute atomic E-state index is 11.6. The molecular formula is C15H19ClN4O2. The first kappa shape index (κ1) is 16.4. The van der Waals surface area contributed by atoms with Gasteiger partial charge >= 0.3 is 6.09 Å². The van der Waals surface area contributed by atoms with Crippen LogP contribution in [0.3, 0.4) is 0 Å². The van der Waals surface area contributed by atoms with Crippen LogP contribution in [0.4, 0.5) is 10.5 Å². The fourth-order valence-corrected chi connectivity index (χ4v) is 2.20. The zero-order valence-electron chi connectivity index (χ0n) is 12.9. The van der Waals surface area contributed by atoms with Gasteiger partial charge in [-0.05, 0) is 26.8 Å². The smallest absolute Gasteiger partial charge is 0.407 e. The second kappa shape index (κ2) is 6.41. The van der Waals surface area contributed by atoms with E-state index in [0.717, 1.165) is 5.69 Å². The summed E-state index contributed by atoms with van der Waals surface area (Å²) in [5.74, 6) is 0. The minimum Gasteiger partial charge on any atom is -0.444 e. The summed E-state index contributed by atoms with van der Waals surface area (Å²) in [5.41, 5.74) is 0.937. The van der Waals surface area contributed by atoms with Gasteiger partial charge in [-0.25, -0.2) is 11.4 Å². The fourth-order valence-electron chi connectivity index (χ4n) is 1.98. The lowest BCUT2D eigenvalue weighted by Crippen LogP contribution is -2.49. The molecule has 6 nitrogen and oxygen atoms in total. The van der Waals surface area contributed by atoms with E-state index in [9.17, 15) is 4.79 Å². The zero-order chi connectivity index (χ0) is 16.3. The molecule has 7 heteroatoms. The molecule has 0 unspecified atom stereocenters. The molecule has 2 rings (SSSR count). The SMILES string of the molecule is [C-]#[N+]C1CN(c2cnc(CNC(=O)OC(C)(C)C)c(Cl)c2)C1. The number of hydrogen-bond donors (Lipinski definition) is 1. The molecule has 0 aliphatic carbocycles. The molecule has 0 aromatic carbocycles. The molecule has 0 bridgehead atoms. The summed E-state index contributed by atoms with van der Waals surface area (Å²) in [6.07, 6.45) is 1.20. The maximum atomic E-state index is 11.6. The Morgan fingerprint density at radius 2 is 2.27 bits per heavy atom. The quantitative estimate of drug-likeness (QED) is 0.869. The van der Waals surface area contributed by atoms with E-state index in [4.69, 9.17) is 22.9 Å². The molecule has 0 saturated carbocycles. The number of hydrogen-bond acceptors (Lipinski definition) is 4. The van der Waals surface area contributed by atoms with E-state index in [1.54, 1.807) is 33.0 Å². The third kappa shape index (κ3) is 4.25. The Balaban J connectivity index is 1.91. The highest BCUT2D eigenvalue weighted by atomic mass is 35.5. The number of nitrogens with one attached hydrogen (secondary N) is 1. The summed E-state index contributed by atoms with van der Waals surface area (Å²) >= 11 is 6.20. The van der Waals surface area contributed by atoms with E-state index in [0.29, 0.717) is 23.8 Å². The number of halogens is 1. The van der Waals surface area contributed by atoms with E-state index in [2.05, 4.69) is 15.1 Å². The number of pyridine rings is 1. The highest BCUT2D eigenvalue weighted by Gasteiger charge is 2.32. The van der Waals surface area contributed by atoms with Gasteiger partial charge in [0.25, 0.3) is 6.04 Å².